The van der Waals surface area contributed by atoms with Gasteiger partial charge in [-0.25, -0.2) is 0 Å². The minimum atomic E-state index is 0.825. The van der Waals surface area contributed by atoms with E-state index in [1.165, 1.54) is 38.4 Å². The molecule has 1 aliphatic heterocycles. The fraction of sp³-hybridized carbons (Fsp3) is 0. The van der Waals surface area contributed by atoms with E-state index in [1.807, 2.05) is 0 Å². The second-order valence-electron chi connectivity index (χ2n) is 13.4. The molecule has 10 rings (SSSR count). The van der Waals surface area contributed by atoms with Crippen molar-refractivity contribution in [2.45, 2.75) is 0 Å². The van der Waals surface area contributed by atoms with Gasteiger partial charge < -0.3 is 9.64 Å². The van der Waals surface area contributed by atoms with E-state index in [9.17, 15) is 0 Å². The molecule has 244 valence electrons. The summed E-state index contributed by atoms with van der Waals surface area (Å²) in [5, 5.41) is 4.72. The lowest BCUT2D eigenvalue weighted by molar-refractivity contribution is 0.489. The number of nitrogens with zero attached hydrogens (tertiary/aromatic N) is 1. The van der Waals surface area contributed by atoms with Gasteiger partial charge in [-0.15, -0.1) is 0 Å². The van der Waals surface area contributed by atoms with E-state index in [-0.39, 0.29) is 0 Å². The summed E-state index contributed by atoms with van der Waals surface area (Å²) in [6.07, 6.45) is 0. The second kappa shape index (κ2) is 12.5. The van der Waals surface area contributed by atoms with Gasteiger partial charge in [0.2, 0.25) is 0 Å². The molecule has 9 aromatic carbocycles. The maximum atomic E-state index is 7.23. The van der Waals surface area contributed by atoms with Crippen molar-refractivity contribution in [2.75, 3.05) is 4.90 Å². The van der Waals surface area contributed by atoms with Crippen molar-refractivity contribution in [1.29, 1.82) is 0 Å². The molecule has 0 atom stereocenters. The van der Waals surface area contributed by atoms with Crippen LogP contribution in [0.25, 0.3) is 66.1 Å². The quantitative estimate of drug-likeness (QED) is 0.182. The summed E-state index contributed by atoms with van der Waals surface area (Å²) < 4.78 is 7.23. The summed E-state index contributed by atoms with van der Waals surface area (Å²) in [7, 11) is 0. The van der Waals surface area contributed by atoms with Gasteiger partial charge in [0.25, 0.3) is 0 Å². The number of para-hydroxylation sites is 1. The summed E-state index contributed by atoms with van der Waals surface area (Å²) >= 11 is 0. The van der Waals surface area contributed by atoms with Crippen molar-refractivity contribution in [3.63, 3.8) is 0 Å². The molecule has 0 amide bonds. The number of hydrogen-bond acceptors (Lipinski definition) is 2. The van der Waals surface area contributed by atoms with Crippen LogP contribution in [0.3, 0.4) is 0 Å². The highest BCUT2D eigenvalue weighted by atomic mass is 16.5. The third-order valence-corrected chi connectivity index (χ3v) is 10.2. The second-order valence-corrected chi connectivity index (χ2v) is 13.4. The number of rotatable bonds is 5. The summed E-state index contributed by atoms with van der Waals surface area (Å²) in [6.45, 7) is 0. The van der Waals surface area contributed by atoms with Crippen LogP contribution in [-0.2, 0) is 0 Å². The molecule has 0 saturated heterocycles. The molecule has 0 radical (unpaired) electrons. The van der Waals surface area contributed by atoms with E-state index in [2.05, 4.69) is 205 Å². The average Bonchev–Trinajstić information content (AvgIpc) is 3.35. The topological polar surface area (TPSA) is 12.5 Å². The van der Waals surface area contributed by atoms with Crippen LogP contribution in [0.4, 0.5) is 17.1 Å². The lowest BCUT2D eigenvalue weighted by Crippen LogP contribution is -2.11. The lowest BCUT2D eigenvalue weighted by atomic mass is 9.90. The van der Waals surface area contributed by atoms with Crippen molar-refractivity contribution >= 4 is 38.6 Å². The summed E-state index contributed by atoms with van der Waals surface area (Å²) in [5.41, 5.74) is 12.2. The maximum absolute atomic E-state index is 7.23. The molecule has 0 aromatic heterocycles. The maximum Gasteiger partial charge on any atom is 0.159 e. The fourth-order valence-corrected chi connectivity index (χ4v) is 7.63. The largest absolute Gasteiger partial charge is 0.454 e. The van der Waals surface area contributed by atoms with Gasteiger partial charge in [0.15, 0.2) is 5.75 Å². The Morgan fingerprint density at radius 3 is 1.62 bits per heavy atom. The molecule has 2 heteroatoms. The Labute approximate surface area is 303 Å². The molecular formula is C50H33NO. The molecule has 2 nitrogen and oxygen atoms in total. The van der Waals surface area contributed by atoms with E-state index in [0.29, 0.717) is 0 Å². The smallest absolute Gasteiger partial charge is 0.159 e. The molecule has 1 aliphatic rings. The van der Waals surface area contributed by atoms with Gasteiger partial charge in [-0.1, -0.05) is 152 Å². The number of anilines is 3. The van der Waals surface area contributed by atoms with Crippen LogP contribution in [0, 0.1) is 0 Å². The Morgan fingerprint density at radius 2 is 0.885 bits per heavy atom. The monoisotopic (exact) mass is 663 g/mol. The van der Waals surface area contributed by atoms with Crippen molar-refractivity contribution < 1.29 is 4.74 Å². The Hall–Kier alpha value is -6.90. The SMILES string of the molecule is c1ccc(-c2ccc(N(c3ccc4ccccc4c3)c3cccc4c3Oc3cc5ccccc5cc3-c3cc(-c5ccccc5)ccc3-4)cc2)cc1. The first-order chi connectivity index (χ1) is 25.8. The van der Waals surface area contributed by atoms with E-state index >= 15 is 0 Å². The van der Waals surface area contributed by atoms with Crippen molar-refractivity contribution in [3.8, 4) is 56.0 Å². The third kappa shape index (κ3) is 5.21. The molecule has 0 bridgehead atoms. The standard InChI is InChI=1S/C50H33NO/c1-3-12-34(13-4-1)37-22-26-42(27-23-37)51(43-28-24-36-16-7-8-17-38(36)30-43)48-21-11-20-45-44-29-25-41(35-14-5-2-6-15-35)31-46(44)47-32-39-18-9-10-19-40(39)33-49(47)52-50(45)48/h1-33H. The highest BCUT2D eigenvalue weighted by molar-refractivity contribution is 6.01. The fourth-order valence-electron chi connectivity index (χ4n) is 7.63. The van der Waals surface area contributed by atoms with Crippen LogP contribution in [0.1, 0.15) is 0 Å². The van der Waals surface area contributed by atoms with Gasteiger partial charge in [0.05, 0.1) is 5.69 Å². The predicted molar refractivity (Wildman–Crippen MR) is 218 cm³/mol. The van der Waals surface area contributed by atoms with Crippen LogP contribution in [0.15, 0.2) is 200 Å². The van der Waals surface area contributed by atoms with Gasteiger partial charge in [-0.2, -0.15) is 0 Å². The van der Waals surface area contributed by atoms with Crippen molar-refractivity contribution in [3.05, 3.63) is 200 Å². The minimum absolute atomic E-state index is 0.825. The van der Waals surface area contributed by atoms with Gasteiger partial charge in [0, 0.05) is 22.5 Å². The molecule has 0 unspecified atom stereocenters. The highest BCUT2D eigenvalue weighted by Gasteiger charge is 2.27. The molecule has 52 heavy (non-hydrogen) atoms. The van der Waals surface area contributed by atoms with E-state index < -0.39 is 0 Å². The van der Waals surface area contributed by atoms with Gasteiger partial charge in [-0.05, 0) is 103 Å². The molecule has 0 fully saturated rings. The number of benzene rings is 9. The Bertz CT molecular complexity index is 2750. The van der Waals surface area contributed by atoms with E-state index in [4.69, 9.17) is 4.74 Å². The van der Waals surface area contributed by atoms with Crippen LogP contribution in [0.2, 0.25) is 0 Å². The molecule has 0 aliphatic carbocycles. The van der Waals surface area contributed by atoms with Gasteiger partial charge >= 0.3 is 0 Å². The van der Waals surface area contributed by atoms with Crippen LogP contribution < -0.4 is 9.64 Å². The lowest BCUT2D eigenvalue weighted by Gasteiger charge is -2.28. The molecule has 0 N–H and O–H groups in total. The number of fused-ring (bicyclic) bond motifs is 7. The Balaban J connectivity index is 1.21. The van der Waals surface area contributed by atoms with E-state index in [1.54, 1.807) is 0 Å². The van der Waals surface area contributed by atoms with E-state index in [0.717, 1.165) is 56.2 Å². The zero-order valence-corrected chi connectivity index (χ0v) is 28.4. The van der Waals surface area contributed by atoms with Crippen LogP contribution in [0.5, 0.6) is 11.5 Å². The summed E-state index contributed by atoms with van der Waals surface area (Å²) in [4.78, 5) is 2.34. The highest BCUT2D eigenvalue weighted by Crippen LogP contribution is 2.54. The summed E-state index contributed by atoms with van der Waals surface area (Å²) in [5.74, 6) is 1.67. The van der Waals surface area contributed by atoms with Gasteiger partial charge in [0.1, 0.15) is 5.75 Å². The van der Waals surface area contributed by atoms with Gasteiger partial charge in [-0.3, -0.25) is 0 Å². The third-order valence-electron chi connectivity index (χ3n) is 10.2. The number of hydrogen-bond donors (Lipinski definition) is 0. The van der Waals surface area contributed by atoms with Crippen LogP contribution >= 0.6 is 0 Å². The first-order valence-electron chi connectivity index (χ1n) is 17.8. The zero-order chi connectivity index (χ0) is 34.4. The molecule has 0 spiro atoms. The molecule has 1 heterocycles. The van der Waals surface area contributed by atoms with Crippen molar-refractivity contribution in [1.82, 2.24) is 0 Å². The molecule has 9 aromatic rings. The summed E-state index contributed by atoms with van der Waals surface area (Å²) in [6, 6.07) is 71.6. The minimum Gasteiger partial charge on any atom is -0.454 e. The first-order valence-corrected chi connectivity index (χ1v) is 17.8. The zero-order valence-electron chi connectivity index (χ0n) is 28.4. The van der Waals surface area contributed by atoms with Crippen LogP contribution in [-0.4, -0.2) is 0 Å². The Morgan fingerprint density at radius 1 is 0.308 bits per heavy atom. The number of ether oxygens (including phenoxy) is 1. The van der Waals surface area contributed by atoms with Crippen molar-refractivity contribution in [2.24, 2.45) is 0 Å². The normalized spacial score (nSPS) is 11.6. The average molecular weight is 664 g/mol. The molecular weight excluding hydrogens is 631 g/mol. The molecule has 0 saturated carbocycles. The first kappa shape index (κ1) is 30.0. The predicted octanol–water partition coefficient (Wildman–Crippen LogP) is 14.2. The Kier molecular flexibility index (Phi) is 7.18.